The van der Waals surface area contributed by atoms with Gasteiger partial charge in [0.15, 0.2) is 11.6 Å². The maximum Gasteiger partial charge on any atom is 0.165 e. The highest BCUT2D eigenvalue weighted by Gasteiger charge is 2.05. The number of phenols is 1. The molecule has 3 heteroatoms. The third-order valence-corrected chi connectivity index (χ3v) is 4.71. The number of phenolic OH excluding ortho intramolecular Hbond substituents is 1. The number of aliphatic hydroxyl groups is 1. The predicted octanol–water partition coefficient (Wildman–Crippen LogP) is 6.43. The van der Waals surface area contributed by atoms with Gasteiger partial charge in [-0.3, -0.25) is 0 Å². The molecule has 0 radical (unpaired) electrons. The summed E-state index contributed by atoms with van der Waals surface area (Å²) in [6.45, 7) is 1.82. The van der Waals surface area contributed by atoms with E-state index in [1.54, 1.807) is 6.07 Å². The Morgan fingerprint density at radius 3 is 1.96 bits per heavy atom. The van der Waals surface area contributed by atoms with Crippen molar-refractivity contribution in [2.24, 2.45) is 0 Å². The first kappa shape index (κ1) is 19.8. The summed E-state index contributed by atoms with van der Waals surface area (Å²) in [5.74, 6) is -0.950. The second-order valence-corrected chi connectivity index (χ2v) is 7.05. The van der Waals surface area contributed by atoms with Crippen LogP contribution in [0, 0.1) is 5.82 Å². The van der Waals surface area contributed by atoms with E-state index in [4.69, 9.17) is 0 Å². The first-order valence-corrected chi connectivity index (χ1v) is 9.57. The van der Waals surface area contributed by atoms with Gasteiger partial charge in [0.25, 0.3) is 0 Å². The van der Waals surface area contributed by atoms with E-state index in [0.717, 1.165) is 47.1 Å². The van der Waals surface area contributed by atoms with Crippen molar-refractivity contribution in [2.45, 2.75) is 32.3 Å². The van der Waals surface area contributed by atoms with E-state index < -0.39 is 5.82 Å². The van der Waals surface area contributed by atoms with E-state index in [0.29, 0.717) is 0 Å². The average molecular weight is 376 g/mol. The van der Waals surface area contributed by atoms with Crippen LogP contribution in [0.1, 0.15) is 31.7 Å². The summed E-state index contributed by atoms with van der Waals surface area (Å²) in [7, 11) is 0. The van der Waals surface area contributed by atoms with Crippen molar-refractivity contribution in [3.8, 4) is 28.0 Å². The smallest absolute Gasteiger partial charge is 0.165 e. The van der Waals surface area contributed by atoms with Crippen molar-refractivity contribution in [2.75, 3.05) is 0 Å². The Balaban J connectivity index is 1.65. The minimum Gasteiger partial charge on any atom is -0.505 e. The van der Waals surface area contributed by atoms with Crippen LogP contribution in [0.4, 0.5) is 4.39 Å². The Kier molecular flexibility index (Phi) is 6.62. The second-order valence-electron chi connectivity index (χ2n) is 7.05. The molecule has 3 rings (SSSR count). The SMILES string of the molecule is CC(O)CCCC=Cc1ccc(-c2ccc(-c3ccc(O)c(F)c3)cc2)cc1. The van der Waals surface area contributed by atoms with Crippen LogP contribution < -0.4 is 0 Å². The summed E-state index contributed by atoms with van der Waals surface area (Å²) in [4.78, 5) is 0. The molecule has 28 heavy (non-hydrogen) atoms. The van der Waals surface area contributed by atoms with Gasteiger partial charge in [-0.25, -0.2) is 4.39 Å². The van der Waals surface area contributed by atoms with Gasteiger partial charge < -0.3 is 10.2 Å². The number of hydrogen-bond acceptors (Lipinski definition) is 2. The highest BCUT2D eigenvalue weighted by Crippen LogP contribution is 2.28. The Hall–Kier alpha value is -2.91. The lowest BCUT2D eigenvalue weighted by Gasteiger charge is -2.06. The molecule has 0 saturated heterocycles. The standard InChI is InChI=1S/C25H25FO2/c1-18(27)5-3-2-4-6-19-7-9-20(10-8-19)21-11-13-22(14-12-21)23-15-16-25(28)24(26)17-23/h4,6-18,27-28H,2-3,5H2,1H3. The van der Waals surface area contributed by atoms with Crippen LogP contribution in [0.5, 0.6) is 5.75 Å². The Labute approximate surface area is 165 Å². The molecular weight excluding hydrogens is 351 g/mol. The summed E-state index contributed by atoms with van der Waals surface area (Å²) < 4.78 is 13.5. The molecule has 0 aliphatic carbocycles. The lowest BCUT2D eigenvalue weighted by Crippen LogP contribution is -1.97. The summed E-state index contributed by atoms with van der Waals surface area (Å²) in [5.41, 5.74) is 5.00. The molecular formula is C25H25FO2. The molecule has 0 heterocycles. The molecule has 144 valence electrons. The maximum absolute atomic E-state index is 13.5. The van der Waals surface area contributed by atoms with Crippen molar-refractivity contribution in [3.05, 3.63) is 84.2 Å². The Morgan fingerprint density at radius 2 is 1.39 bits per heavy atom. The quantitative estimate of drug-likeness (QED) is 0.467. The summed E-state index contributed by atoms with van der Waals surface area (Å²) in [6.07, 6.45) is 6.80. The monoisotopic (exact) mass is 376 g/mol. The minimum absolute atomic E-state index is 0.230. The minimum atomic E-state index is -0.615. The number of halogens is 1. The zero-order chi connectivity index (χ0) is 19.9. The number of benzene rings is 3. The fraction of sp³-hybridized carbons (Fsp3) is 0.200. The van der Waals surface area contributed by atoms with Crippen molar-refractivity contribution >= 4 is 6.08 Å². The van der Waals surface area contributed by atoms with Crippen LogP contribution in [-0.4, -0.2) is 16.3 Å². The summed E-state index contributed by atoms with van der Waals surface area (Å²) in [5, 5.41) is 18.6. The van der Waals surface area contributed by atoms with Gasteiger partial charge in [0.1, 0.15) is 0 Å². The van der Waals surface area contributed by atoms with E-state index in [1.807, 2.05) is 31.2 Å². The summed E-state index contributed by atoms with van der Waals surface area (Å²) in [6, 6.07) is 20.7. The molecule has 0 aliphatic rings. The maximum atomic E-state index is 13.5. The lowest BCUT2D eigenvalue weighted by molar-refractivity contribution is 0.182. The molecule has 0 amide bonds. The van der Waals surface area contributed by atoms with Crippen molar-refractivity contribution in [1.29, 1.82) is 0 Å². The fourth-order valence-corrected chi connectivity index (χ4v) is 3.08. The zero-order valence-electron chi connectivity index (χ0n) is 16.0. The van der Waals surface area contributed by atoms with Crippen LogP contribution in [0.25, 0.3) is 28.3 Å². The van der Waals surface area contributed by atoms with E-state index >= 15 is 0 Å². The lowest BCUT2D eigenvalue weighted by atomic mass is 9.99. The average Bonchev–Trinajstić information content (AvgIpc) is 2.70. The fourth-order valence-electron chi connectivity index (χ4n) is 3.08. The van der Waals surface area contributed by atoms with Gasteiger partial charge in [-0.1, -0.05) is 66.7 Å². The normalized spacial score (nSPS) is 12.4. The number of aromatic hydroxyl groups is 1. The second kappa shape index (κ2) is 9.34. The molecule has 0 bridgehead atoms. The van der Waals surface area contributed by atoms with Gasteiger partial charge in [-0.05, 0) is 66.1 Å². The van der Waals surface area contributed by atoms with E-state index in [-0.39, 0.29) is 11.9 Å². The van der Waals surface area contributed by atoms with E-state index in [1.165, 1.54) is 12.1 Å². The Bertz CT molecular complexity index is 926. The molecule has 1 atom stereocenters. The van der Waals surface area contributed by atoms with E-state index in [2.05, 4.69) is 36.4 Å². The summed E-state index contributed by atoms with van der Waals surface area (Å²) >= 11 is 0. The predicted molar refractivity (Wildman–Crippen MR) is 114 cm³/mol. The largest absolute Gasteiger partial charge is 0.505 e. The number of rotatable bonds is 7. The van der Waals surface area contributed by atoms with Crippen LogP contribution in [-0.2, 0) is 0 Å². The van der Waals surface area contributed by atoms with Gasteiger partial charge in [0.2, 0.25) is 0 Å². The molecule has 2 N–H and O–H groups in total. The van der Waals surface area contributed by atoms with Crippen molar-refractivity contribution in [1.82, 2.24) is 0 Å². The molecule has 0 aliphatic heterocycles. The third kappa shape index (κ3) is 5.30. The van der Waals surface area contributed by atoms with Crippen LogP contribution in [0.15, 0.2) is 72.8 Å². The van der Waals surface area contributed by atoms with Gasteiger partial charge in [0.05, 0.1) is 6.10 Å². The Morgan fingerprint density at radius 1 is 0.857 bits per heavy atom. The van der Waals surface area contributed by atoms with Crippen LogP contribution in [0.2, 0.25) is 0 Å². The molecule has 0 spiro atoms. The molecule has 0 aromatic heterocycles. The molecule has 0 saturated carbocycles. The van der Waals surface area contributed by atoms with E-state index in [9.17, 15) is 14.6 Å². The van der Waals surface area contributed by atoms with Crippen LogP contribution in [0.3, 0.4) is 0 Å². The topological polar surface area (TPSA) is 40.5 Å². The highest BCUT2D eigenvalue weighted by molar-refractivity contribution is 5.71. The van der Waals surface area contributed by atoms with Gasteiger partial charge in [0, 0.05) is 0 Å². The molecule has 3 aromatic rings. The van der Waals surface area contributed by atoms with Gasteiger partial charge in [-0.2, -0.15) is 0 Å². The van der Waals surface area contributed by atoms with Crippen molar-refractivity contribution < 1.29 is 14.6 Å². The first-order chi connectivity index (χ1) is 13.5. The number of hydrogen-bond donors (Lipinski definition) is 2. The molecule has 2 nitrogen and oxygen atoms in total. The van der Waals surface area contributed by atoms with Gasteiger partial charge in [-0.15, -0.1) is 0 Å². The number of aliphatic hydroxyl groups excluding tert-OH is 1. The highest BCUT2D eigenvalue weighted by atomic mass is 19.1. The molecule has 0 fully saturated rings. The first-order valence-electron chi connectivity index (χ1n) is 9.57. The molecule has 1 unspecified atom stereocenters. The third-order valence-electron chi connectivity index (χ3n) is 4.71. The zero-order valence-corrected chi connectivity index (χ0v) is 16.0. The van der Waals surface area contributed by atoms with Crippen molar-refractivity contribution in [3.63, 3.8) is 0 Å². The molecule has 3 aromatic carbocycles. The number of unbranched alkanes of at least 4 members (excludes halogenated alkanes) is 1. The number of allylic oxidation sites excluding steroid dienone is 1. The van der Waals surface area contributed by atoms with Gasteiger partial charge >= 0.3 is 0 Å². The van der Waals surface area contributed by atoms with Crippen LogP contribution >= 0.6 is 0 Å².